The summed E-state index contributed by atoms with van der Waals surface area (Å²) in [5.74, 6) is 0. The van der Waals surface area contributed by atoms with Crippen LogP contribution in [0.2, 0.25) is 0 Å². The highest BCUT2D eigenvalue weighted by Crippen LogP contribution is 2.21. The molecule has 0 amide bonds. The summed E-state index contributed by atoms with van der Waals surface area (Å²) >= 11 is 2.39. The van der Waals surface area contributed by atoms with Crippen molar-refractivity contribution in [3.8, 4) is 11.1 Å². The first kappa shape index (κ1) is 11.6. The molecule has 0 aliphatic heterocycles. The summed E-state index contributed by atoms with van der Waals surface area (Å²) in [6.45, 7) is 2.18. The highest BCUT2D eigenvalue weighted by molar-refractivity contribution is 14.1. The fraction of sp³-hybridized carbons (Fsp3) is 0.200. The summed E-state index contributed by atoms with van der Waals surface area (Å²) < 4.78 is 1.08. The predicted octanol–water partition coefficient (Wildman–Crippen LogP) is 4.85. The van der Waals surface area contributed by atoms with Crippen LogP contribution in [0.4, 0.5) is 0 Å². The van der Waals surface area contributed by atoms with Gasteiger partial charge in [0.05, 0.1) is 0 Å². The van der Waals surface area contributed by atoms with Crippen LogP contribution in [0.5, 0.6) is 0 Å². The minimum Gasteiger partial charge on any atom is -0.0812 e. The standard InChI is InChI=1S/C15H15I/c1-2-12-3-7-14(8-4-12)15-9-5-13(11-16)6-10-15/h3-10H,2,11H2,1H3. The molecule has 0 heterocycles. The van der Waals surface area contributed by atoms with Gasteiger partial charge in [-0.15, -0.1) is 0 Å². The summed E-state index contributed by atoms with van der Waals surface area (Å²) in [5.41, 5.74) is 5.38. The third kappa shape index (κ3) is 2.64. The average Bonchev–Trinajstić information content (AvgIpc) is 2.39. The lowest BCUT2D eigenvalue weighted by Crippen LogP contribution is -1.82. The van der Waals surface area contributed by atoms with Crippen molar-refractivity contribution in [2.75, 3.05) is 0 Å². The van der Waals surface area contributed by atoms with Crippen molar-refractivity contribution in [1.82, 2.24) is 0 Å². The third-order valence-corrected chi connectivity index (χ3v) is 3.68. The van der Waals surface area contributed by atoms with E-state index < -0.39 is 0 Å². The Morgan fingerprint density at radius 1 is 0.750 bits per heavy atom. The SMILES string of the molecule is CCc1ccc(-c2ccc(CI)cc2)cc1. The topological polar surface area (TPSA) is 0 Å². The maximum absolute atomic E-state index is 2.39. The Balaban J connectivity index is 2.28. The van der Waals surface area contributed by atoms with E-state index in [4.69, 9.17) is 0 Å². The van der Waals surface area contributed by atoms with Crippen LogP contribution in [0, 0.1) is 0 Å². The molecule has 0 unspecified atom stereocenters. The van der Waals surface area contributed by atoms with Crippen LogP contribution in [0.1, 0.15) is 18.1 Å². The maximum Gasteiger partial charge on any atom is 0.0247 e. The summed E-state index contributed by atoms with van der Waals surface area (Å²) in [6.07, 6.45) is 1.11. The number of rotatable bonds is 3. The van der Waals surface area contributed by atoms with Crippen LogP contribution in [0.15, 0.2) is 48.5 Å². The smallest absolute Gasteiger partial charge is 0.0247 e. The molecule has 2 aromatic carbocycles. The normalized spacial score (nSPS) is 10.4. The van der Waals surface area contributed by atoms with Crippen molar-refractivity contribution in [3.63, 3.8) is 0 Å². The summed E-state index contributed by atoms with van der Waals surface area (Å²) in [4.78, 5) is 0. The lowest BCUT2D eigenvalue weighted by Gasteiger charge is -2.04. The van der Waals surface area contributed by atoms with Crippen molar-refractivity contribution in [3.05, 3.63) is 59.7 Å². The number of benzene rings is 2. The molecule has 0 spiro atoms. The summed E-state index contributed by atoms with van der Waals surface area (Å²) in [5, 5.41) is 0. The van der Waals surface area contributed by atoms with Gasteiger partial charge in [0.2, 0.25) is 0 Å². The quantitative estimate of drug-likeness (QED) is 0.560. The van der Waals surface area contributed by atoms with Gasteiger partial charge in [0.1, 0.15) is 0 Å². The van der Waals surface area contributed by atoms with Gasteiger partial charge in [-0.3, -0.25) is 0 Å². The molecule has 0 atom stereocenters. The Hall–Kier alpha value is -0.830. The Kier molecular flexibility index (Phi) is 3.99. The van der Waals surface area contributed by atoms with Crippen molar-refractivity contribution >= 4 is 22.6 Å². The van der Waals surface area contributed by atoms with Gasteiger partial charge in [-0.2, -0.15) is 0 Å². The molecule has 0 nitrogen and oxygen atoms in total. The van der Waals surface area contributed by atoms with E-state index in [1.54, 1.807) is 0 Å². The number of alkyl halides is 1. The van der Waals surface area contributed by atoms with Crippen LogP contribution in [0.3, 0.4) is 0 Å². The van der Waals surface area contributed by atoms with Crippen LogP contribution < -0.4 is 0 Å². The van der Waals surface area contributed by atoms with E-state index >= 15 is 0 Å². The van der Waals surface area contributed by atoms with E-state index in [0.717, 1.165) is 10.8 Å². The molecule has 0 radical (unpaired) electrons. The Morgan fingerprint density at radius 3 is 1.56 bits per heavy atom. The Morgan fingerprint density at radius 2 is 1.19 bits per heavy atom. The van der Waals surface area contributed by atoms with Crippen molar-refractivity contribution in [1.29, 1.82) is 0 Å². The second kappa shape index (κ2) is 5.48. The molecule has 0 aliphatic rings. The van der Waals surface area contributed by atoms with E-state index in [0.29, 0.717) is 0 Å². The first-order valence-electron chi connectivity index (χ1n) is 5.57. The Bertz CT molecular complexity index is 394. The minimum absolute atomic E-state index is 1.08. The molecule has 0 saturated heterocycles. The van der Waals surface area contributed by atoms with E-state index in [-0.39, 0.29) is 0 Å². The van der Waals surface area contributed by atoms with Crippen LogP contribution in [-0.4, -0.2) is 0 Å². The van der Waals surface area contributed by atoms with Gasteiger partial charge in [-0.1, -0.05) is 78.0 Å². The average molecular weight is 322 g/mol. The highest BCUT2D eigenvalue weighted by Gasteiger charge is 1.97. The van der Waals surface area contributed by atoms with Crippen LogP contribution in [0.25, 0.3) is 11.1 Å². The van der Waals surface area contributed by atoms with Gasteiger partial charge in [-0.25, -0.2) is 0 Å². The Labute approximate surface area is 111 Å². The molecule has 0 N–H and O–H groups in total. The highest BCUT2D eigenvalue weighted by atomic mass is 127. The van der Waals surface area contributed by atoms with Gasteiger partial charge in [0.25, 0.3) is 0 Å². The van der Waals surface area contributed by atoms with E-state index in [1.807, 2.05) is 0 Å². The van der Waals surface area contributed by atoms with Crippen LogP contribution >= 0.6 is 22.6 Å². The van der Waals surface area contributed by atoms with Gasteiger partial charge in [0, 0.05) is 4.43 Å². The molecule has 0 aliphatic carbocycles. The monoisotopic (exact) mass is 322 g/mol. The summed E-state index contributed by atoms with van der Waals surface area (Å²) in [7, 11) is 0. The van der Waals surface area contributed by atoms with Crippen LogP contribution in [-0.2, 0) is 10.8 Å². The van der Waals surface area contributed by atoms with Gasteiger partial charge >= 0.3 is 0 Å². The molecular weight excluding hydrogens is 307 g/mol. The molecular formula is C15H15I. The van der Waals surface area contributed by atoms with Crippen molar-refractivity contribution in [2.24, 2.45) is 0 Å². The molecule has 2 aromatic rings. The maximum atomic E-state index is 2.39. The first-order chi connectivity index (χ1) is 7.83. The second-order valence-corrected chi connectivity index (χ2v) is 4.64. The van der Waals surface area contributed by atoms with Crippen molar-refractivity contribution < 1.29 is 0 Å². The van der Waals surface area contributed by atoms with Gasteiger partial charge < -0.3 is 0 Å². The molecule has 0 saturated carbocycles. The fourth-order valence-corrected chi connectivity index (χ4v) is 2.23. The molecule has 0 bridgehead atoms. The number of halogens is 1. The molecule has 2 rings (SSSR count). The number of aryl methyl sites for hydroxylation is 1. The minimum atomic E-state index is 1.08. The van der Waals surface area contributed by atoms with E-state index in [1.165, 1.54) is 22.3 Å². The lowest BCUT2D eigenvalue weighted by atomic mass is 10.0. The summed E-state index contributed by atoms with van der Waals surface area (Å²) in [6, 6.07) is 17.6. The predicted molar refractivity (Wildman–Crippen MR) is 79.0 cm³/mol. The zero-order valence-corrected chi connectivity index (χ0v) is 11.6. The fourth-order valence-electron chi connectivity index (χ4n) is 1.72. The van der Waals surface area contributed by atoms with E-state index in [2.05, 4.69) is 78.0 Å². The lowest BCUT2D eigenvalue weighted by molar-refractivity contribution is 1.14. The molecule has 0 fully saturated rings. The third-order valence-electron chi connectivity index (χ3n) is 2.80. The molecule has 0 aromatic heterocycles. The first-order valence-corrected chi connectivity index (χ1v) is 7.10. The van der Waals surface area contributed by atoms with E-state index in [9.17, 15) is 0 Å². The second-order valence-electron chi connectivity index (χ2n) is 3.88. The van der Waals surface area contributed by atoms with Crippen molar-refractivity contribution in [2.45, 2.75) is 17.8 Å². The zero-order chi connectivity index (χ0) is 11.4. The molecule has 1 heteroatoms. The largest absolute Gasteiger partial charge is 0.0812 e. The van der Waals surface area contributed by atoms with Gasteiger partial charge in [0.15, 0.2) is 0 Å². The molecule has 82 valence electrons. The zero-order valence-electron chi connectivity index (χ0n) is 9.41. The van der Waals surface area contributed by atoms with Gasteiger partial charge in [-0.05, 0) is 28.7 Å². The number of hydrogen-bond acceptors (Lipinski definition) is 0. The number of hydrogen-bond donors (Lipinski definition) is 0. The molecule has 16 heavy (non-hydrogen) atoms.